The minimum Gasteiger partial charge on any atom is -0.338 e. The fourth-order valence-corrected chi connectivity index (χ4v) is 3.96. The molecule has 2 aliphatic rings. The summed E-state index contributed by atoms with van der Waals surface area (Å²) in [5, 5.41) is 0. The van der Waals surface area contributed by atoms with Gasteiger partial charge in [-0.05, 0) is 31.0 Å². The monoisotopic (exact) mass is 351 g/mol. The minimum absolute atomic E-state index is 0.120. The predicted molar refractivity (Wildman–Crippen MR) is 98.1 cm³/mol. The smallest absolute Gasteiger partial charge is 0.219 e. The summed E-state index contributed by atoms with van der Waals surface area (Å²) in [5.74, 6) is 1.05. The zero-order valence-electron chi connectivity index (χ0n) is 15.3. The quantitative estimate of drug-likeness (QED) is 0.850. The Morgan fingerprint density at radius 3 is 3.00 bits per heavy atom. The maximum Gasteiger partial charge on any atom is 0.219 e. The molecule has 0 spiro atoms. The van der Waals surface area contributed by atoms with Gasteiger partial charge in [-0.15, -0.1) is 0 Å². The van der Waals surface area contributed by atoms with Crippen LogP contribution in [0.4, 0.5) is 0 Å². The third-order valence-corrected chi connectivity index (χ3v) is 5.42. The highest BCUT2D eigenvalue weighted by Gasteiger charge is 2.28. The Hall–Kier alpha value is -2.34. The van der Waals surface area contributed by atoms with Crippen molar-refractivity contribution in [1.82, 2.24) is 24.8 Å². The third-order valence-electron chi connectivity index (χ3n) is 5.42. The molecule has 4 heterocycles. The molecule has 1 unspecified atom stereocenters. The van der Waals surface area contributed by atoms with Gasteiger partial charge in [-0.1, -0.05) is 12.5 Å². The second kappa shape index (κ2) is 7.50. The number of piperidine rings is 1. The van der Waals surface area contributed by atoms with E-state index >= 15 is 0 Å². The molecule has 2 aromatic rings. The lowest BCUT2D eigenvalue weighted by molar-refractivity contribution is -0.129. The average Bonchev–Trinajstić information content (AvgIpc) is 2.68. The molecule has 0 aromatic carbocycles. The van der Waals surface area contributed by atoms with Gasteiger partial charge in [0, 0.05) is 57.1 Å². The molecule has 0 saturated carbocycles. The van der Waals surface area contributed by atoms with E-state index in [1.165, 1.54) is 18.4 Å². The molecule has 1 saturated heterocycles. The van der Waals surface area contributed by atoms with Crippen molar-refractivity contribution in [1.29, 1.82) is 0 Å². The van der Waals surface area contributed by atoms with Crippen LogP contribution in [-0.4, -0.2) is 43.7 Å². The maximum absolute atomic E-state index is 11.6. The molecule has 1 amide bonds. The van der Waals surface area contributed by atoms with Crippen LogP contribution >= 0.6 is 0 Å². The zero-order chi connectivity index (χ0) is 17.9. The first kappa shape index (κ1) is 17.1. The highest BCUT2D eigenvalue weighted by atomic mass is 16.2. The van der Waals surface area contributed by atoms with Gasteiger partial charge in [-0.2, -0.15) is 0 Å². The van der Waals surface area contributed by atoms with Crippen LogP contribution in [0.1, 0.15) is 54.9 Å². The Morgan fingerprint density at radius 1 is 1.27 bits per heavy atom. The first-order chi connectivity index (χ1) is 12.7. The van der Waals surface area contributed by atoms with E-state index in [0.29, 0.717) is 6.54 Å². The van der Waals surface area contributed by atoms with E-state index in [2.05, 4.69) is 16.0 Å². The summed E-state index contributed by atoms with van der Waals surface area (Å²) < 4.78 is 0. The number of carbonyl (C=O) groups excluding carboxylic acids is 1. The van der Waals surface area contributed by atoms with Crippen molar-refractivity contribution in [2.75, 3.05) is 13.1 Å². The molecule has 2 aromatic heterocycles. The van der Waals surface area contributed by atoms with Crippen molar-refractivity contribution in [3.05, 3.63) is 53.4 Å². The lowest BCUT2D eigenvalue weighted by atomic mass is 9.99. The van der Waals surface area contributed by atoms with E-state index in [9.17, 15) is 4.79 Å². The number of pyridine rings is 1. The Labute approximate surface area is 154 Å². The van der Waals surface area contributed by atoms with Crippen LogP contribution < -0.4 is 0 Å². The number of aromatic nitrogens is 3. The molecule has 0 bridgehead atoms. The molecule has 6 nitrogen and oxygen atoms in total. The van der Waals surface area contributed by atoms with E-state index in [1.54, 1.807) is 6.92 Å². The maximum atomic E-state index is 11.6. The Balaban J connectivity index is 1.54. The largest absolute Gasteiger partial charge is 0.338 e. The molecule has 0 N–H and O–H groups in total. The third kappa shape index (κ3) is 3.60. The zero-order valence-corrected chi connectivity index (χ0v) is 15.3. The van der Waals surface area contributed by atoms with Crippen LogP contribution in [-0.2, 0) is 24.3 Å². The van der Waals surface area contributed by atoms with Gasteiger partial charge in [-0.3, -0.25) is 14.7 Å². The highest BCUT2D eigenvalue weighted by molar-refractivity contribution is 5.73. The lowest BCUT2D eigenvalue weighted by Gasteiger charge is -2.35. The molecule has 1 atom stereocenters. The van der Waals surface area contributed by atoms with E-state index < -0.39 is 0 Å². The molecule has 136 valence electrons. The summed E-state index contributed by atoms with van der Waals surface area (Å²) in [4.78, 5) is 29.8. The number of likely N-dealkylation sites (tertiary alicyclic amines) is 1. The molecule has 26 heavy (non-hydrogen) atoms. The number of hydrogen-bond donors (Lipinski definition) is 0. The van der Waals surface area contributed by atoms with E-state index in [1.807, 2.05) is 29.6 Å². The summed E-state index contributed by atoms with van der Waals surface area (Å²) in [7, 11) is 0. The topological polar surface area (TPSA) is 62.2 Å². The molecular formula is C20H25N5O. The van der Waals surface area contributed by atoms with Crippen LogP contribution in [0.25, 0.3) is 0 Å². The highest BCUT2D eigenvalue weighted by Crippen LogP contribution is 2.31. The van der Waals surface area contributed by atoms with Gasteiger partial charge in [0.2, 0.25) is 5.91 Å². The normalized spacial score (nSPS) is 20.7. The van der Waals surface area contributed by atoms with Crippen LogP contribution in [0.5, 0.6) is 0 Å². The first-order valence-corrected chi connectivity index (χ1v) is 9.44. The minimum atomic E-state index is 0.120. The Morgan fingerprint density at radius 2 is 2.19 bits per heavy atom. The van der Waals surface area contributed by atoms with E-state index in [-0.39, 0.29) is 11.9 Å². The number of amides is 1. The van der Waals surface area contributed by atoms with Crippen molar-refractivity contribution in [3.8, 4) is 0 Å². The predicted octanol–water partition coefficient (Wildman–Crippen LogP) is 2.50. The van der Waals surface area contributed by atoms with Crippen LogP contribution in [0.15, 0.2) is 30.7 Å². The average molecular weight is 351 g/mol. The van der Waals surface area contributed by atoms with Crippen LogP contribution in [0.3, 0.4) is 0 Å². The van der Waals surface area contributed by atoms with Gasteiger partial charge in [0.1, 0.15) is 5.82 Å². The number of carbonyl (C=O) groups is 1. The van der Waals surface area contributed by atoms with E-state index in [0.717, 1.165) is 49.6 Å². The SMILES string of the molecule is CC(=O)N1CCc2nc(C3CCCCN3Cc3cccnc3)ncc2C1. The summed E-state index contributed by atoms with van der Waals surface area (Å²) in [6.07, 6.45) is 10.0. The standard InChI is InChI=1S/C20H25N5O/c1-15(26)24-10-7-18-17(14-24)12-22-20(23-18)19-6-2-3-9-25(19)13-16-5-4-8-21-11-16/h4-5,8,11-12,19H,2-3,6-7,9-10,13-14H2,1H3. The summed E-state index contributed by atoms with van der Waals surface area (Å²) in [6.45, 7) is 4.96. The fraction of sp³-hybridized carbons (Fsp3) is 0.500. The van der Waals surface area contributed by atoms with Crippen LogP contribution in [0, 0.1) is 0 Å². The number of nitrogens with zero attached hydrogens (tertiary/aromatic N) is 5. The molecule has 1 fully saturated rings. The second-order valence-electron chi connectivity index (χ2n) is 7.23. The van der Waals surface area contributed by atoms with E-state index in [4.69, 9.17) is 9.97 Å². The number of fused-ring (bicyclic) bond motifs is 1. The Bertz CT molecular complexity index is 779. The number of rotatable bonds is 3. The number of hydrogen-bond acceptors (Lipinski definition) is 5. The molecule has 0 radical (unpaired) electrons. The first-order valence-electron chi connectivity index (χ1n) is 9.44. The summed E-state index contributed by atoms with van der Waals surface area (Å²) in [5.41, 5.74) is 3.43. The summed E-state index contributed by atoms with van der Waals surface area (Å²) >= 11 is 0. The summed E-state index contributed by atoms with van der Waals surface area (Å²) in [6, 6.07) is 4.38. The van der Waals surface area contributed by atoms with Crippen molar-refractivity contribution in [3.63, 3.8) is 0 Å². The van der Waals surface area contributed by atoms with Crippen molar-refractivity contribution in [2.24, 2.45) is 0 Å². The fourth-order valence-electron chi connectivity index (χ4n) is 3.96. The van der Waals surface area contributed by atoms with Gasteiger partial charge in [0.05, 0.1) is 11.7 Å². The van der Waals surface area contributed by atoms with Gasteiger partial charge in [0.15, 0.2) is 0 Å². The molecule has 0 aliphatic carbocycles. The Kier molecular flexibility index (Phi) is 4.93. The van der Waals surface area contributed by atoms with Crippen LogP contribution in [0.2, 0.25) is 0 Å². The van der Waals surface area contributed by atoms with Gasteiger partial charge < -0.3 is 4.90 Å². The second-order valence-corrected chi connectivity index (χ2v) is 7.23. The van der Waals surface area contributed by atoms with Gasteiger partial charge in [0.25, 0.3) is 0 Å². The van der Waals surface area contributed by atoms with Gasteiger partial charge >= 0.3 is 0 Å². The van der Waals surface area contributed by atoms with Crippen molar-refractivity contribution in [2.45, 2.75) is 51.7 Å². The lowest BCUT2D eigenvalue weighted by Crippen LogP contribution is -2.36. The van der Waals surface area contributed by atoms with Gasteiger partial charge in [-0.25, -0.2) is 9.97 Å². The molecule has 4 rings (SSSR count). The molecular weight excluding hydrogens is 326 g/mol. The van der Waals surface area contributed by atoms with Crippen molar-refractivity contribution >= 4 is 5.91 Å². The molecule has 6 heteroatoms. The van der Waals surface area contributed by atoms with Crippen molar-refractivity contribution < 1.29 is 4.79 Å². The molecule has 2 aliphatic heterocycles.